The molecule has 2 aromatic rings. The van der Waals surface area contributed by atoms with Gasteiger partial charge in [0.25, 0.3) is 0 Å². The molecule has 0 atom stereocenters. The third kappa shape index (κ3) is 2.19. The zero-order valence-corrected chi connectivity index (χ0v) is 10.1. The molecule has 0 spiro atoms. The number of aryl methyl sites for hydroxylation is 2. The highest BCUT2D eigenvalue weighted by Gasteiger charge is 2.06. The summed E-state index contributed by atoms with van der Waals surface area (Å²) >= 11 is 0. The predicted molar refractivity (Wildman–Crippen MR) is 69.5 cm³/mol. The first-order valence-electron chi connectivity index (χ1n) is 6.04. The highest BCUT2D eigenvalue weighted by Crippen LogP contribution is 2.24. The van der Waals surface area contributed by atoms with E-state index in [1.165, 1.54) is 29.7 Å². The van der Waals surface area contributed by atoms with Crippen LogP contribution in [-0.2, 0) is 6.54 Å². The first-order valence-corrected chi connectivity index (χ1v) is 6.04. The average molecular weight is 213 g/mol. The van der Waals surface area contributed by atoms with Crippen molar-refractivity contribution in [3.05, 3.63) is 48.2 Å². The molecule has 0 aliphatic carbocycles. The van der Waals surface area contributed by atoms with Crippen LogP contribution in [0.25, 0.3) is 11.3 Å². The Balaban J connectivity index is 2.35. The van der Waals surface area contributed by atoms with E-state index in [0.29, 0.717) is 0 Å². The van der Waals surface area contributed by atoms with E-state index in [2.05, 4.69) is 61.0 Å². The Bertz CT molecular complexity index is 440. The van der Waals surface area contributed by atoms with E-state index in [4.69, 9.17) is 0 Å². The van der Waals surface area contributed by atoms with Gasteiger partial charge in [0.05, 0.1) is 5.69 Å². The molecule has 0 amide bonds. The van der Waals surface area contributed by atoms with Gasteiger partial charge in [-0.2, -0.15) is 0 Å². The lowest BCUT2D eigenvalue weighted by Gasteiger charge is -2.10. The molecule has 1 aromatic carbocycles. The van der Waals surface area contributed by atoms with Gasteiger partial charge >= 0.3 is 0 Å². The molecule has 0 bridgehead atoms. The van der Waals surface area contributed by atoms with Gasteiger partial charge in [0, 0.05) is 12.7 Å². The monoisotopic (exact) mass is 213 g/mol. The molecule has 1 heteroatoms. The molecule has 0 radical (unpaired) electrons. The summed E-state index contributed by atoms with van der Waals surface area (Å²) in [6.07, 6.45) is 4.69. The number of hydrogen-bond acceptors (Lipinski definition) is 0. The van der Waals surface area contributed by atoms with Crippen LogP contribution in [0.15, 0.2) is 42.6 Å². The molecule has 1 aromatic heterocycles. The summed E-state index contributed by atoms with van der Waals surface area (Å²) in [5, 5.41) is 0. The molecule has 16 heavy (non-hydrogen) atoms. The highest BCUT2D eigenvalue weighted by atomic mass is 15.0. The van der Waals surface area contributed by atoms with Crippen molar-refractivity contribution in [2.45, 2.75) is 33.2 Å². The van der Waals surface area contributed by atoms with Gasteiger partial charge < -0.3 is 4.57 Å². The SMILES string of the molecule is CCCCn1ccc(C)c1-c1ccccc1. The van der Waals surface area contributed by atoms with Crippen molar-refractivity contribution in [3.63, 3.8) is 0 Å². The van der Waals surface area contributed by atoms with E-state index < -0.39 is 0 Å². The Morgan fingerprint density at radius 1 is 1.06 bits per heavy atom. The van der Waals surface area contributed by atoms with Crippen LogP contribution in [0.5, 0.6) is 0 Å². The standard InChI is InChI=1S/C15H19N/c1-3-4-11-16-12-10-13(2)15(16)14-8-6-5-7-9-14/h5-10,12H,3-4,11H2,1-2H3. The fourth-order valence-electron chi connectivity index (χ4n) is 2.09. The lowest BCUT2D eigenvalue weighted by molar-refractivity contribution is 0.639. The lowest BCUT2D eigenvalue weighted by atomic mass is 10.1. The van der Waals surface area contributed by atoms with Crippen LogP contribution in [0.3, 0.4) is 0 Å². The summed E-state index contributed by atoms with van der Waals surface area (Å²) in [6, 6.07) is 12.9. The molecule has 1 heterocycles. The van der Waals surface area contributed by atoms with Crippen LogP contribution < -0.4 is 0 Å². The maximum atomic E-state index is 2.37. The highest BCUT2D eigenvalue weighted by molar-refractivity contribution is 5.63. The molecule has 1 nitrogen and oxygen atoms in total. The summed E-state index contributed by atoms with van der Waals surface area (Å²) < 4.78 is 2.37. The molecule has 0 saturated carbocycles. The minimum atomic E-state index is 1.12. The van der Waals surface area contributed by atoms with Crippen LogP contribution >= 0.6 is 0 Å². The number of hydrogen-bond donors (Lipinski definition) is 0. The summed E-state index contributed by atoms with van der Waals surface area (Å²) in [7, 11) is 0. The van der Waals surface area contributed by atoms with Gasteiger partial charge in [0.2, 0.25) is 0 Å². The number of benzene rings is 1. The smallest absolute Gasteiger partial charge is 0.0509 e. The number of aromatic nitrogens is 1. The van der Waals surface area contributed by atoms with Gasteiger partial charge in [0.1, 0.15) is 0 Å². The molecule has 0 saturated heterocycles. The Hall–Kier alpha value is -1.50. The molecular weight excluding hydrogens is 194 g/mol. The van der Waals surface area contributed by atoms with Crippen molar-refractivity contribution >= 4 is 0 Å². The van der Waals surface area contributed by atoms with Crippen LogP contribution in [0.4, 0.5) is 0 Å². The Labute approximate surface area is 97.7 Å². The summed E-state index contributed by atoms with van der Waals surface area (Å²) in [4.78, 5) is 0. The predicted octanol–water partition coefficient (Wildman–Crippen LogP) is 4.26. The first-order chi connectivity index (χ1) is 7.83. The van der Waals surface area contributed by atoms with Crippen LogP contribution in [0.1, 0.15) is 25.3 Å². The number of nitrogens with zero attached hydrogens (tertiary/aromatic N) is 1. The van der Waals surface area contributed by atoms with Gasteiger partial charge in [-0.25, -0.2) is 0 Å². The van der Waals surface area contributed by atoms with Crippen molar-refractivity contribution in [3.8, 4) is 11.3 Å². The van der Waals surface area contributed by atoms with Crippen molar-refractivity contribution in [1.82, 2.24) is 4.57 Å². The topological polar surface area (TPSA) is 4.93 Å². The zero-order valence-electron chi connectivity index (χ0n) is 10.1. The quantitative estimate of drug-likeness (QED) is 0.715. The summed E-state index contributed by atoms with van der Waals surface area (Å²) in [5.41, 5.74) is 4.05. The number of rotatable bonds is 4. The second-order valence-corrected chi connectivity index (χ2v) is 4.26. The summed E-state index contributed by atoms with van der Waals surface area (Å²) in [5.74, 6) is 0. The average Bonchev–Trinajstić information content (AvgIpc) is 2.69. The molecular formula is C15H19N. The van der Waals surface area contributed by atoms with Gasteiger partial charge in [-0.3, -0.25) is 0 Å². The van der Waals surface area contributed by atoms with Crippen LogP contribution in [0, 0.1) is 6.92 Å². The Morgan fingerprint density at radius 2 is 1.81 bits per heavy atom. The maximum Gasteiger partial charge on any atom is 0.0509 e. The first kappa shape index (κ1) is 11.0. The maximum absolute atomic E-state index is 2.37. The van der Waals surface area contributed by atoms with Gasteiger partial charge in [0.15, 0.2) is 0 Å². The second-order valence-electron chi connectivity index (χ2n) is 4.26. The molecule has 0 aliphatic heterocycles. The largest absolute Gasteiger partial charge is 0.347 e. The van der Waals surface area contributed by atoms with E-state index in [1.807, 2.05) is 0 Å². The van der Waals surface area contributed by atoms with Crippen molar-refractivity contribution < 1.29 is 0 Å². The minimum absolute atomic E-state index is 1.12. The fraction of sp³-hybridized carbons (Fsp3) is 0.333. The van der Waals surface area contributed by atoms with E-state index in [1.54, 1.807) is 0 Å². The molecule has 0 N–H and O–H groups in total. The van der Waals surface area contributed by atoms with Crippen molar-refractivity contribution in [2.24, 2.45) is 0 Å². The van der Waals surface area contributed by atoms with Gasteiger partial charge in [-0.1, -0.05) is 43.7 Å². The minimum Gasteiger partial charge on any atom is -0.347 e. The molecule has 0 unspecified atom stereocenters. The summed E-state index contributed by atoms with van der Waals surface area (Å²) in [6.45, 7) is 5.54. The third-order valence-corrected chi connectivity index (χ3v) is 2.97. The lowest BCUT2D eigenvalue weighted by Crippen LogP contribution is -1.98. The Morgan fingerprint density at radius 3 is 2.50 bits per heavy atom. The van der Waals surface area contributed by atoms with Crippen molar-refractivity contribution in [2.75, 3.05) is 0 Å². The second kappa shape index (κ2) is 5.02. The number of unbranched alkanes of at least 4 members (excludes halogenated alkanes) is 1. The van der Waals surface area contributed by atoms with Crippen molar-refractivity contribution in [1.29, 1.82) is 0 Å². The van der Waals surface area contributed by atoms with E-state index in [-0.39, 0.29) is 0 Å². The van der Waals surface area contributed by atoms with Gasteiger partial charge in [-0.05, 0) is 30.5 Å². The van der Waals surface area contributed by atoms with E-state index in [0.717, 1.165) is 6.54 Å². The molecule has 0 aliphatic rings. The van der Waals surface area contributed by atoms with E-state index in [9.17, 15) is 0 Å². The molecule has 84 valence electrons. The molecule has 0 fully saturated rings. The van der Waals surface area contributed by atoms with E-state index >= 15 is 0 Å². The normalized spacial score (nSPS) is 10.6. The van der Waals surface area contributed by atoms with Crippen LogP contribution in [-0.4, -0.2) is 4.57 Å². The zero-order chi connectivity index (χ0) is 11.4. The van der Waals surface area contributed by atoms with Gasteiger partial charge in [-0.15, -0.1) is 0 Å². The Kier molecular flexibility index (Phi) is 3.45. The third-order valence-electron chi connectivity index (χ3n) is 2.97. The fourth-order valence-corrected chi connectivity index (χ4v) is 2.09. The van der Waals surface area contributed by atoms with Crippen LogP contribution in [0.2, 0.25) is 0 Å². The molecule has 2 rings (SSSR count).